The van der Waals surface area contributed by atoms with Crippen molar-refractivity contribution in [1.29, 1.82) is 0 Å². The molecule has 4 nitrogen and oxygen atoms in total. The Bertz CT molecular complexity index is 476. The number of hydrogen-bond donors (Lipinski definition) is 1. The predicted molar refractivity (Wildman–Crippen MR) is 80.6 cm³/mol. The van der Waals surface area contributed by atoms with Crippen molar-refractivity contribution in [3.05, 3.63) is 28.2 Å². The zero-order valence-electron chi connectivity index (χ0n) is 11.4. The molecule has 0 aromatic heterocycles. The van der Waals surface area contributed by atoms with Gasteiger partial charge < -0.3 is 15.0 Å². The zero-order chi connectivity index (χ0) is 14.5. The molecule has 110 valence electrons. The van der Waals surface area contributed by atoms with Crippen LogP contribution in [-0.2, 0) is 4.79 Å². The van der Waals surface area contributed by atoms with Gasteiger partial charge in [-0.3, -0.25) is 4.79 Å². The number of nitrogens with one attached hydrogen (secondary N) is 1. The molecule has 1 amide bonds. The van der Waals surface area contributed by atoms with Gasteiger partial charge in [0.15, 0.2) is 6.61 Å². The molecule has 0 atom stereocenters. The summed E-state index contributed by atoms with van der Waals surface area (Å²) in [5.74, 6) is 0.388. The second kappa shape index (κ2) is 7.16. The number of amides is 1. The average molecular weight is 317 g/mol. The summed E-state index contributed by atoms with van der Waals surface area (Å²) in [6.45, 7) is 1.87. The van der Waals surface area contributed by atoms with E-state index in [1.807, 2.05) is 7.05 Å². The van der Waals surface area contributed by atoms with E-state index in [0.29, 0.717) is 15.8 Å². The number of carbonyl (C=O) groups excluding carboxylic acids is 1. The van der Waals surface area contributed by atoms with E-state index in [1.165, 1.54) is 0 Å². The molecule has 0 radical (unpaired) electrons. The normalized spacial score (nSPS) is 15.9. The van der Waals surface area contributed by atoms with Crippen molar-refractivity contribution in [3.8, 4) is 5.75 Å². The summed E-state index contributed by atoms with van der Waals surface area (Å²) < 4.78 is 5.47. The highest BCUT2D eigenvalue weighted by Crippen LogP contribution is 2.27. The summed E-state index contributed by atoms with van der Waals surface area (Å²) in [7, 11) is 1.82. The molecular formula is C14H18Cl2N2O2. The summed E-state index contributed by atoms with van der Waals surface area (Å²) in [6, 6.07) is 5.23. The van der Waals surface area contributed by atoms with E-state index in [-0.39, 0.29) is 18.6 Å². The summed E-state index contributed by atoms with van der Waals surface area (Å²) in [4.78, 5) is 13.9. The van der Waals surface area contributed by atoms with Crippen molar-refractivity contribution in [2.24, 2.45) is 0 Å². The van der Waals surface area contributed by atoms with Gasteiger partial charge >= 0.3 is 0 Å². The number of likely N-dealkylation sites (N-methyl/N-ethyl adjacent to an activating group) is 1. The van der Waals surface area contributed by atoms with Crippen molar-refractivity contribution >= 4 is 29.1 Å². The lowest BCUT2D eigenvalue weighted by atomic mass is 10.1. The van der Waals surface area contributed by atoms with Crippen LogP contribution in [0.4, 0.5) is 0 Å². The number of nitrogens with zero attached hydrogens (tertiary/aromatic N) is 1. The molecule has 1 aliphatic rings. The fourth-order valence-corrected chi connectivity index (χ4v) is 2.56. The van der Waals surface area contributed by atoms with Gasteiger partial charge in [0.25, 0.3) is 5.91 Å². The Morgan fingerprint density at radius 3 is 2.80 bits per heavy atom. The van der Waals surface area contributed by atoms with Crippen molar-refractivity contribution in [1.82, 2.24) is 10.2 Å². The van der Waals surface area contributed by atoms with Crippen molar-refractivity contribution in [2.75, 3.05) is 26.7 Å². The van der Waals surface area contributed by atoms with Gasteiger partial charge in [0.05, 0.1) is 5.02 Å². The van der Waals surface area contributed by atoms with Gasteiger partial charge in [-0.2, -0.15) is 0 Å². The van der Waals surface area contributed by atoms with Crippen LogP contribution in [-0.4, -0.2) is 43.6 Å². The molecule has 0 aliphatic carbocycles. The number of benzene rings is 1. The number of hydrogen-bond acceptors (Lipinski definition) is 3. The van der Waals surface area contributed by atoms with Gasteiger partial charge in [-0.05, 0) is 38.1 Å². The van der Waals surface area contributed by atoms with Crippen LogP contribution in [0.3, 0.4) is 0 Å². The van der Waals surface area contributed by atoms with Crippen LogP contribution in [0.25, 0.3) is 0 Å². The minimum absolute atomic E-state index is 0.0273. The molecule has 1 aromatic carbocycles. The molecule has 1 fully saturated rings. The maximum absolute atomic E-state index is 12.1. The highest BCUT2D eigenvalue weighted by atomic mass is 35.5. The third-order valence-electron chi connectivity index (χ3n) is 3.49. The molecule has 1 aliphatic heterocycles. The molecule has 20 heavy (non-hydrogen) atoms. The van der Waals surface area contributed by atoms with Crippen molar-refractivity contribution in [2.45, 2.75) is 18.9 Å². The van der Waals surface area contributed by atoms with Gasteiger partial charge in [-0.25, -0.2) is 0 Å². The van der Waals surface area contributed by atoms with Crippen LogP contribution in [0, 0.1) is 0 Å². The zero-order valence-corrected chi connectivity index (χ0v) is 12.9. The topological polar surface area (TPSA) is 41.6 Å². The highest BCUT2D eigenvalue weighted by Gasteiger charge is 2.22. The second-order valence-corrected chi connectivity index (χ2v) is 5.69. The predicted octanol–water partition coefficient (Wildman–Crippen LogP) is 2.58. The molecule has 0 bridgehead atoms. The van der Waals surface area contributed by atoms with Crippen LogP contribution in [0.15, 0.2) is 18.2 Å². The van der Waals surface area contributed by atoms with Crippen LogP contribution < -0.4 is 10.1 Å². The van der Waals surface area contributed by atoms with E-state index in [1.54, 1.807) is 23.1 Å². The Morgan fingerprint density at radius 2 is 2.10 bits per heavy atom. The lowest BCUT2D eigenvalue weighted by molar-refractivity contribution is -0.134. The number of rotatable bonds is 4. The smallest absolute Gasteiger partial charge is 0.260 e. The lowest BCUT2D eigenvalue weighted by Crippen LogP contribution is -2.45. The third-order valence-corrected chi connectivity index (χ3v) is 4.04. The largest absolute Gasteiger partial charge is 0.482 e. The first-order valence-corrected chi connectivity index (χ1v) is 7.38. The Hall–Kier alpha value is -0.970. The molecule has 0 unspecified atom stereocenters. The quantitative estimate of drug-likeness (QED) is 0.928. The van der Waals surface area contributed by atoms with Gasteiger partial charge in [-0.1, -0.05) is 23.2 Å². The third kappa shape index (κ3) is 4.01. The van der Waals surface area contributed by atoms with Gasteiger partial charge in [0.2, 0.25) is 0 Å². The number of carbonyl (C=O) groups is 1. The second-order valence-electron chi connectivity index (χ2n) is 4.85. The Morgan fingerprint density at radius 1 is 1.40 bits per heavy atom. The molecule has 0 saturated carbocycles. The van der Waals surface area contributed by atoms with E-state index in [2.05, 4.69) is 5.32 Å². The first-order valence-electron chi connectivity index (χ1n) is 6.62. The molecule has 2 rings (SSSR count). The summed E-state index contributed by atoms with van der Waals surface area (Å²) >= 11 is 11.9. The van der Waals surface area contributed by atoms with Gasteiger partial charge in [-0.15, -0.1) is 0 Å². The minimum Gasteiger partial charge on any atom is -0.482 e. The van der Waals surface area contributed by atoms with Crippen LogP contribution >= 0.6 is 23.2 Å². The van der Waals surface area contributed by atoms with E-state index in [0.717, 1.165) is 25.9 Å². The van der Waals surface area contributed by atoms with E-state index < -0.39 is 0 Å². The van der Waals surface area contributed by atoms with Crippen molar-refractivity contribution < 1.29 is 9.53 Å². The van der Waals surface area contributed by atoms with E-state index in [4.69, 9.17) is 27.9 Å². The molecule has 1 N–H and O–H groups in total. The molecule has 1 saturated heterocycles. The first kappa shape index (κ1) is 15.4. The minimum atomic E-state index is -0.0482. The Balaban J connectivity index is 1.89. The Labute approximate surface area is 129 Å². The average Bonchev–Trinajstić information content (AvgIpc) is 2.48. The Kier molecular flexibility index (Phi) is 5.52. The fraction of sp³-hybridized carbons (Fsp3) is 0.500. The van der Waals surface area contributed by atoms with Crippen LogP contribution in [0.1, 0.15) is 12.8 Å². The maximum atomic E-state index is 12.1. The molecule has 1 heterocycles. The molecule has 6 heteroatoms. The van der Waals surface area contributed by atoms with E-state index in [9.17, 15) is 4.79 Å². The van der Waals surface area contributed by atoms with E-state index >= 15 is 0 Å². The monoisotopic (exact) mass is 316 g/mol. The molecular weight excluding hydrogens is 299 g/mol. The standard InChI is InChI=1S/C14H18Cl2N2O2/c1-18(11-4-6-17-7-5-11)14(19)9-20-13-8-10(15)2-3-12(13)16/h2-3,8,11,17H,4-7,9H2,1H3. The number of ether oxygens (including phenoxy) is 1. The fourth-order valence-electron chi connectivity index (χ4n) is 2.23. The van der Waals surface area contributed by atoms with Gasteiger partial charge in [0.1, 0.15) is 5.75 Å². The molecule has 0 spiro atoms. The van der Waals surface area contributed by atoms with Gasteiger partial charge in [0, 0.05) is 24.2 Å². The summed E-state index contributed by atoms with van der Waals surface area (Å²) in [5, 5.41) is 4.26. The van der Waals surface area contributed by atoms with Crippen LogP contribution in [0.2, 0.25) is 10.0 Å². The lowest BCUT2D eigenvalue weighted by Gasteiger charge is -2.31. The SMILES string of the molecule is CN(C(=O)COc1cc(Cl)ccc1Cl)C1CCNCC1. The number of halogens is 2. The number of piperidine rings is 1. The summed E-state index contributed by atoms with van der Waals surface area (Å²) in [6.07, 6.45) is 1.94. The molecule has 1 aromatic rings. The first-order chi connectivity index (χ1) is 9.58. The highest BCUT2D eigenvalue weighted by molar-refractivity contribution is 6.34. The van der Waals surface area contributed by atoms with Crippen LogP contribution in [0.5, 0.6) is 5.75 Å². The summed E-state index contributed by atoms with van der Waals surface area (Å²) in [5.41, 5.74) is 0. The van der Waals surface area contributed by atoms with Crippen molar-refractivity contribution in [3.63, 3.8) is 0 Å². The maximum Gasteiger partial charge on any atom is 0.260 e.